The Labute approximate surface area is 104 Å². The first-order valence-electron chi connectivity index (χ1n) is 6.44. The zero-order valence-corrected chi connectivity index (χ0v) is 10.9. The summed E-state index contributed by atoms with van der Waals surface area (Å²) in [7, 11) is 2.20. The number of rotatable bonds is 3. The molecule has 0 aliphatic carbocycles. The molecule has 1 unspecified atom stereocenters. The number of anilines is 2. The van der Waals surface area contributed by atoms with Crippen molar-refractivity contribution < 1.29 is 0 Å². The lowest BCUT2D eigenvalue weighted by Gasteiger charge is -2.30. The van der Waals surface area contributed by atoms with Crippen molar-refractivity contribution in [1.82, 2.24) is 4.90 Å². The van der Waals surface area contributed by atoms with E-state index in [1.54, 1.807) is 0 Å². The number of hydrogen-bond donors (Lipinski definition) is 2. The molecular formula is C14H23N3. The molecule has 1 fully saturated rings. The van der Waals surface area contributed by atoms with E-state index in [9.17, 15) is 0 Å². The lowest BCUT2D eigenvalue weighted by molar-refractivity contribution is 0.217. The number of hydrogen-bond acceptors (Lipinski definition) is 3. The van der Waals surface area contributed by atoms with Gasteiger partial charge in [0.1, 0.15) is 0 Å². The Kier molecular flexibility index (Phi) is 3.89. The van der Waals surface area contributed by atoms with E-state index in [1.807, 2.05) is 12.1 Å². The number of likely N-dealkylation sites (tertiary alicyclic amines) is 1. The Morgan fingerprint density at radius 3 is 3.00 bits per heavy atom. The third-order valence-corrected chi connectivity index (χ3v) is 3.59. The highest BCUT2D eigenvalue weighted by Crippen LogP contribution is 2.24. The van der Waals surface area contributed by atoms with E-state index in [4.69, 9.17) is 5.73 Å². The fraction of sp³-hybridized carbons (Fsp3) is 0.571. The van der Waals surface area contributed by atoms with Crippen LogP contribution >= 0.6 is 0 Å². The monoisotopic (exact) mass is 233 g/mol. The second kappa shape index (κ2) is 5.41. The molecule has 0 bridgehead atoms. The van der Waals surface area contributed by atoms with Crippen LogP contribution in [0.3, 0.4) is 0 Å². The van der Waals surface area contributed by atoms with Gasteiger partial charge in [-0.05, 0) is 50.9 Å². The number of nitrogens with zero attached hydrogens (tertiary/aromatic N) is 1. The first-order valence-corrected chi connectivity index (χ1v) is 6.44. The summed E-state index contributed by atoms with van der Waals surface area (Å²) in [6.07, 6.45) is 2.63. The minimum atomic E-state index is 0.743. The second-order valence-electron chi connectivity index (χ2n) is 5.19. The van der Waals surface area contributed by atoms with Gasteiger partial charge in [0.05, 0.1) is 11.4 Å². The van der Waals surface area contributed by atoms with E-state index < -0.39 is 0 Å². The summed E-state index contributed by atoms with van der Waals surface area (Å²) in [4.78, 5) is 2.41. The van der Waals surface area contributed by atoms with Gasteiger partial charge in [-0.25, -0.2) is 0 Å². The highest BCUT2D eigenvalue weighted by atomic mass is 15.1. The molecule has 0 amide bonds. The third-order valence-electron chi connectivity index (χ3n) is 3.59. The van der Waals surface area contributed by atoms with E-state index in [0.29, 0.717) is 0 Å². The van der Waals surface area contributed by atoms with E-state index in [0.717, 1.165) is 23.8 Å². The summed E-state index contributed by atoms with van der Waals surface area (Å²) in [5, 5.41) is 3.52. The smallest absolute Gasteiger partial charge is 0.0603 e. The molecule has 0 aromatic heterocycles. The molecule has 1 aromatic carbocycles. The summed E-state index contributed by atoms with van der Waals surface area (Å²) >= 11 is 0. The van der Waals surface area contributed by atoms with Gasteiger partial charge in [-0.3, -0.25) is 0 Å². The standard InChI is InChI=1S/C14H23N3/c1-11-5-3-7-13(15)14(11)16-9-12-6-4-8-17(2)10-12/h3,5,7,12,16H,4,6,8-10,15H2,1-2H3. The Morgan fingerprint density at radius 1 is 1.47 bits per heavy atom. The van der Waals surface area contributed by atoms with Gasteiger partial charge < -0.3 is 16.0 Å². The summed E-state index contributed by atoms with van der Waals surface area (Å²) in [5.74, 6) is 0.743. The van der Waals surface area contributed by atoms with Gasteiger partial charge in [0.2, 0.25) is 0 Å². The third kappa shape index (κ3) is 3.13. The van der Waals surface area contributed by atoms with Crippen LogP contribution in [0.25, 0.3) is 0 Å². The highest BCUT2D eigenvalue weighted by molar-refractivity contribution is 5.69. The average Bonchev–Trinajstić information content (AvgIpc) is 2.28. The molecule has 17 heavy (non-hydrogen) atoms. The maximum Gasteiger partial charge on any atom is 0.0603 e. The number of aryl methyl sites for hydroxylation is 1. The zero-order valence-electron chi connectivity index (χ0n) is 10.9. The summed E-state index contributed by atoms with van der Waals surface area (Å²) in [6, 6.07) is 6.07. The van der Waals surface area contributed by atoms with Crippen LogP contribution in [0, 0.1) is 12.8 Å². The molecule has 2 rings (SSSR count). The number of nitrogens with one attached hydrogen (secondary N) is 1. The van der Waals surface area contributed by atoms with E-state index >= 15 is 0 Å². The molecule has 0 saturated carbocycles. The molecule has 94 valence electrons. The van der Waals surface area contributed by atoms with Crippen molar-refractivity contribution in [3.05, 3.63) is 23.8 Å². The fourth-order valence-electron chi connectivity index (χ4n) is 2.62. The van der Waals surface area contributed by atoms with Crippen molar-refractivity contribution in [3.63, 3.8) is 0 Å². The molecule has 1 aliphatic heterocycles. The molecule has 3 heteroatoms. The molecule has 1 atom stereocenters. The topological polar surface area (TPSA) is 41.3 Å². The SMILES string of the molecule is Cc1cccc(N)c1NCC1CCCN(C)C1. The van der Waals surface area contributed by atoms with Crippen molar-refractivity contribution in [1.29, 1.82) is 0 Å². The lowest BCUT2D eigenvalue weighted by Crippen LogP contribution is -2.35. The molecular weight excluding hydrogens is 210 g/mol. The van der Waals surface area contributed by atoms with Crippen molar-refractivity contribution in [2.75, 3.05) is 37.7 Å². The van der Waals surface area contributed by atoms with Crippen molar-refractivity contribution >= 4 is 11.4 Å². The maximum absolute atomic E-state index is 5.99. The van der Waals surface area contributed by atoms with Gasteiger partial charge in [0.25, 0.3) is 0 Å². The van der Waals surface area contributed by atoms with Crippen molar-refractivity contribution in [3.8, 4) is 0 Å². The minimum Gasteiger partial charge on any atom is -0.397 e. The average molecular weight is 233 g/mol. The van der Waals surface area contributed by atoms with Crippen molar-refractivity contribution in [2.24, 2.45) is 5.92 Å². The summed E-state index contributed by atoms with van der Waals surface area (Å²) in [5.41, 5.74) is 9.19. The van der Waals surface area contributed by atoms with Gasteiger partial charge in [-0.2, -0.15) is 0 Å². The van der Waals surface area contributed by atoms with Crippen LogP contribution in [0.4, 0.5) is 11.4 Å². The van der Waals surface area contributed by atoms with Gasteiger partial charge in [0, 0.05) is 13.1 Å². The minimum absolute atomic E-state index is 0.743. The zero-order chi connectivity index (χ0) is 12.3. The van der Waals surface area contributed by atoms with Crippen LogP contribution in [-0.4, -0.2) is 31.6 Å². The second-order valence-corrected chi connectivity index (χ2v) is 5.19. The van der Waals surface area contributed by atoms with Crippen LogP contribution in [0.2, 0.25) is 0 Å². The normalized spacial score (nSPS) is 21.4. The number of benzene rings is 1. The number of para-hydroxylation sites is 1. The number of piperidine rings is 1. The quantitative estimate of drug-likeness (QED) is 0.787. The van der Waals surface area contributed by atoms with Gasteiger partial charge >= 0.3 is 0 Å². The van der Waals surface area contributed by atoms with E-state index in [-0.39, 0.29) is 0 Å². The molecule has 1 saturated heterocycles. The number of nitrogens with two attached hydrogens (primary N) is 1. The van der Waals surface area contributed by atoms with Crippen LogP contribution in [0.15, 0.2) is 18.2 Å². The molecule has 0 radical (unpaired) electrons. The van der Waals surface area contributed by atoms with Crippen LogP contribution < -0.4 is 11.1 Å². The first kappa shape index (κ1) is 12.2. The molecule has 3 N–H and O–H groups in total. The van der Waals surface area contributed by atoms with E-state index in [1.165, 1.54) is 31.5 Å². The van der Waals surface area contributed by atoms with Crippen molar-refractivity contribution in [2.45, 2.75) is 19.8 Å². The fourth-order valence-corrected chi connectivity index (χ4v) is 2.62. The van der Waals surface area contributed by atoms with Crippen LogP contribution in [-0.2, 0) is 0 Å². The predicted octanol–water partition coefficient (Wildman–Crippen LogP) is 2.33. The van der Waals surface area contributed by atoms with Gasteiger partial charge in [0.15, 0.2) is 0 Å². The Hall–Kier alpha value is -1.22. The predicted molar refractivity (Wildman–Crippen MR) is 74.3 cm³/mol. The Bertz CT molecular complexity index is 355. The van der Waals surface area contributed by atoms with Gasteiger partial charge in [-0.1, -0.05) is 12.1 Å². The maximum atomic E-state index is 5.99. The summed E-state index contributed by atoms with van der Waals surface area (Å²) in [6.45, 7) is 5.56. The van der Waals surface area contributed by atoms with Crippen LogP contribution in [0.1, 0.15) is 18.4 Å². The Balaban J connectivity index is 1.93. The van der Waals surface area contributed by atoms with Crippen LogP contribution in [0.5, 0.6) is 0 Å². The molecule has 3 nitrogen and oxygen atoms in total. The molecule has 0 spiro atoms. The highest BCUT2D eigenvalue weighted by Gasteiger charge is 2.17. The molecule has 1 aliphatic rings. The van der Waals surface area contributed by atoms with Gasteiger partial charge in [-0.15, -0.1) is 0 Å². The van der Waals surface area contributed by atoms with E-state index in [2.05, 4.69) is 30.3 Å². The summed E-state index contributed by atoms with van der Waals surface area (Å²) < 4.78 is 0. The Morgan fingerprint density at radius 2 is 2.29 bits per heavy atom. The lowest BCUT2D eigenvalue weighted by atomic mass is 9.98. The first-order chi connectivity index (χ1) is 8.16. The number of nitrogen functional groups attached to an aromatic ring is 1. The molecule has 1 aromatic rings. The largest absolute Gasteiger partial charge is 0.397 e. The molecule has 1 heterocycles.